The van der Waals surface area contributed by atoms with Crippen LogP contribution in [0.3, 0.4) is 0 Å². The van der Waals surface area contributed by atoms with Crippen LogP contribution in [0.4, 0.5) is 0 Å². The Bertz CT molecular complexity index is 362. The molecule has 0 spiro atoms. The van der Waals surface area contributed by atoms with Gasteiger partial charge in [-0.2, -0.15) is 0 Å². The van der Waals surface area contributed by atoms with Crippen LogP contribution in [0.1, 0.15) is 64.2 Å². The first kappa shape index (κ1) is 15.9. The van der Waals surface area contributed by atoms with Gasteiger partial charge in [-0.05, 0) is 57.2 Å². The fourth-order valence-corrected chi connectivity index (χ4v) is 2.12. The zero-order valence-corrected chi connectivity index (χ0v) is 13.6. The molecule has 1 aromatic carbocycles. The van der Waals surface area contributed by atoms with Gasteiger partial charge in [-0.1, -0.05) is 31.5 Å². The van der Waals surface area contributed by atoms with Crippen LogP contribution < -0.4 is 0 Å². The summed E-state index contributed by atoms with van der Waals surface area (Å²) in [6.07, 6.45) is 3.50. The standard InChI is InChI=1S/C16H24Cl2/c1-6-7-8-12-9-13(15(2,3)17)11-14(10-12)16(4,5)18/h9-11H,6-8H2,1-5H3. The summed E-state index contributed by atoms with van der Waals surface area (Å²) in [5.41, 5.74) is 3.65. The van der Waals surface area contributed by atoms with Crippen molar-refractivity contribution in [2.24, 2.45) is 0 Å². The monoisotopic (exact) mass is 286 g/mol. The summed E-state index contributed by atoms with van der Waals surface area (Å²) in [5.74, 6) is 0. The summed E-state index contributed by atoms with van der Waals surface area (Å²) < 4.78 is 0. The largest absolute Gasteiger partial charge is 0.115 e. The lowest BCUT2D eigenvalue weighted by atomic mass is 9.91. The van der Waals surface area contributed by atoms with Crippen molar-refractivity contribution in [1.29, 1.82) is 0 Å². The maximum atomic E-state index is 6.44. The van der Waals surface area contributed by atoms with E-state index >= 15 is 0 Å². The molecule has 0 atom stereocenters. The van der Waals surface area contributed by atoms with Gasteiger partial charge in [-0.15, -0.1) is 23.2 Å². The molecule has 0 aliphatic heterocycles. The Hall–Kier alpha value is -0.200. The smallest absolute Gasteiger partial charge is 0.0639 e. The van der Waals surface area contributed by atoms with Crippen molar-refractivity contribution in [2.75, 3.05) is 0 Å². The van der Waals surface area contributed by atoms with E-state index in [1.165, 1.54) is 18.4 Å². The number of hydrogen-bond donors (Lipinski definition) is 0. The summed E-state index contributed by atoms with van der Waals surface area (Å²) in [6.45, 7) is 10.3. The molecule has 1 aromatic rings. The Morgan fingerprint density at radius 1 is 0.889 bits per heavy atom. The van der Waals surface area contributed by atoms with Crippen LogP contribution in [0, 0.1) is 0 Å². The van der Waals surface area contributed by atoms with E-state index in [-0.39, 0.29) is 9.75 Å². The molecule has 0 heterocycles. The molecule has 0 aromatic heterocycles. The molecule has 0 fully saturated rings. The highest BCUT2D eigenvalue weighted by molar-refractivity contribution is 6.24. The maximum absolute atomic E-state index is 6.44. The zero-order valence-electron chi connectivity index (χ0n) is 12.1. The fourth-order valence-electron chi connectivity index (χ4n) is 1.90. The van der Waals surface area contributed by atoms with E-state index in [0.717, 1.165) is 17.5 Å². The molecular weight excluding hydrogens is 263 g/mol. The number of benzene rings is 1. The highest BCUT2D eigenvalue weighted by atomic mass is 35.5. The molecule has 0 nitrogen and oxygen atoms in total. The van der Waals surface area contributed by atoms with Crippen molar-refractivity contribution in [1.82, 2.24) is 0 Å². The van der Waals surface area contributed by atoms with Crippen LogP contribution in [-0.2, 0) is 16.2 Å². The summed E-state index contributed by atoms with van der Waals surface area (Å²) in [4.78, 5) is -0.696. The Morgan fingerprint density at radius 2 is 1.33 bits per heavy atom. The first-order chi connectivity index (χ1) is 8.14. The van der Waals surface area contributed by atoms with Crippen molar-refractivity contribution in [3.05, 3.63) is 34.9 Å². The topological polar surface area (TPSA) is 0 Å². The van der Waals surface area contributed by atoms with Crippen LogP contribution in [0.15, 0.2) is 18.2 Å². The first-order valence-electron chi connectivity index (χ1n) is 6.67. The fraction of sp³-hybridized carbons (Fsp3) is 0.625. The maximum Gasteiger partial charge on any atom is 0.0639 e. The van der Waals surface area contributed by atoms with Gasteiger partial charge in [0.1, 0.15) is 0 Å². The Morgan fingerprint density at radius 3 is 1.67 bits per heavy atom. The number of alkyl halides is 2. The van der Waals surface area contributed by atoms with Gasteiger partial charge in [0, 0.05) is 0 Å². The van der Waals surface area contributed by atoms with Gasteiger partial charge >= 0.3 is 0 Å². The molecule has 102 valence electrons. The SMILES string of the molecule is CCCCc1cc(C(C)(C)Cl)cc(C(C)(C)Cl)c1. The number of hydrogen-bond acceptors (Lipinski definition) is 0. The first-order valence-corrected chi connectivity index (χ1v) is 7.43. The second-order valence-electron chi connectivity index (χ2n) is 5.97. The highest BCUT2D eigenvalue weighted by Crippen LogP contribution is 2.35. The minimum atomic E-state index is -0.348. The van der Waals surface area contributed by atoms with Crippen LogP contribution in [0.5, 0.6) is 0 Å². The van der Waals surface area contributed by atoms with Crippen LogP contribution >= 0.6 is 23.2 Å². The molecule has 18 heavy (non-hydrogen) atoms. The van der Waals surface area contributed by atoms with Gasteiger partial charge in [0.15, 0.2) is 0 Å². The third-order valence-electron chi connectivity index (χ3n) is 3.18. The normalized spacial score (nSPS) is 12.8. The van der Waals surface area contributed by atoms with E-state index < -0.39 is 0 Å². The van der Waals surface area contributed by atoms with Crippen molar-refractivity contribution in [3.8, 4) is 0 Å². The zero-order chi connectivity index (χ0) is 14.0. The number of rotatable bonds is 5. The molecule has 2 heteroatoms. The molecule has 0 aliphatic carbocycles. The molecule has 0 amide bonds. The van der Waals surface area contributed by atoms with E-state index in [2.05, 4.69) is 25.1 Å². The van der Waals surface area contributed by atoms with E-state index in [1.807, 2.05) is 27.7 Å². The lowest BCUT2D eigenvalue weighted by Gasteiger charge is -2.23. The third-order valence-corrected chi connectivity index (χ3v) is 3.62. The van der Waals surface area contributed by atoms with Gasteiger partial charge < -0.3 is 0 Å². The highest BCUT2D eigenvalue weighted by Gasteiger charge is 2.22. The summed E-state index contributed by atoms with van der Waals surface area (Å²) >= 11 is 12.9. The summed E-state index contributed by atoms with van der Waals surface area (Å²) in [7, 11) is 0. The Kier molecular flexibility index (Phi) is 5.14. The third kappa shape index (κ3) is 4.48. The molecule has 0 saturated heterocycles. The molecule has 0 N–H and O–H groups in total. The molecule has 0 aliphatic rings. The lowest BCUT2D eigenvalue weighted by molar-refractivity contribution is 0.725. The van der Waals surface area contributed by atoms with E-state index in [0.29, 0.717) is 0 Å². The number of unbranched alkanes of at least 4 members (excludes halogenated alkanes) is 1. The Labute approximate surface area is 122 Å². The van der Waals surface area contributed by atoms with Gasteiger partial charge in [0.05, 0.1) is 9.75 Å². The predicted octanol–water partition coefficient (Wildman–Crippen LogP) is 5.98. The number of aryl methyl sites for hydroxylation is 1. The van der Waals surface area contributed by atoms with E-state index in [1.54, 1.807) is 0 Å². The van der Waals surface area contributed by atoms with Crippen molar-refractivity contribution in [2.45, 2.75) is 63.6 Å². The Balaban J connectivity index is 3.21. The van der Waals surface area contributed by atoms with Gasteiger partial charge in [0.2, 0.25) is 0 Å². The predicted molar refractivity (Wildman–Crippen MR) is 82.8 cm³/mol. The van der Waals surface area contributed by atoms with Gasteiger partial charge in [-0.25, -0.2) is 0 Å². The molecule has 0 bridgehead atoms. The van der Waals surface area contributed by atoms with Crippen molar-refractivity contribution in [3.63, 3.8) is 0 Å². The molecular formula is C16H24Cl2. The average molecular weight is 287 g/mol. The van der Waals surface area contributed by atoms with Crippen LogP contribution in [0.25, 0.3) is 0 Å². The second-order valence-corrected chi connectivity index (χ2v) is 7.86. The summed E-state index contributed by atoms with van der Waals surface area (Å²) in [5, 5.41) is 0. The van der Waals surface area contributed by atoms with E-state index in [4.69, 9.17) is 23.2 Å². The quantitative estimate of drug-likeness (QED) is 0.585. The van der Waals surface area contributed by atoms with Crippen LogP contribution in [-0.4, -0.2) is 0 Å². The molecule has 0 saturated carbocycles. The molecule has 0 unspecified atom stereocenters. The summed E-state index contributed by atoms with van der Waals surface area (Å²) in [6, 6.07) is 6.57. The minimum Gasteiger partial charge on any atom is -0.115 e. The van der Waals surface area contributed by atoms with Crippen molar-refractivity contribution < 1.29 is 0 Å². The van der Waals surface area contributed by atoms with Gasteiger partial charge in [0.25, 0.3) is 0 Å². The minimum absolute atomic E-state index is 0.348. The lowest BCUT2D eigenvalue weighted by Crippen LogP contribution is -2.13. The molecule has 1 rings (SSSR count). The second kappa shape index (κ2) is 5.84. The number of halogens is 2. The molecule has 0 radical (unpaired) electrons. The van der Waals surface area contributed by atoms with Crippen LogP contribution in [0.2, 0.25) is 0 Å². The van der Waals surface area contributed by atoms with Crippen molar-refractivity contribution >= 4 is 23.2 Å². The van der Waals surface area contributed by atoms with Gasteiger partial charge in [-0.3, -0.25) is 0 Å². The average Bonchev–Trinajstić information content (AvgIpc) is 2.23. The van der Waals surface area contributed by atoms with E-state index in [9.17, 15) is 0 Å².